The van der Waals surface area contributed by atoms with Gasteiger partial charge in [-0.15, -0.1) is 10.2 Å². The van der Waals surface area contributed by atoms with Crippen molar-refractivity contribution in [1.82, 2.24) is 25.1 Å². The van der Waals surface area contributed by atoms with E-state index in [1.165, 1.54) is 5.56 Å². The zero-order valence-electron chi connectivity index (χ0n) is 22.2. The number of rotatable bonds is 5. The molecule has 1 atom stereocenters. The molecule has 2 aliphatic rings. The molecule has 0 amide bonds. The van der Waals surface area contributed by atoms with Crippen LogP contribution in [0.3, 0.4) is 0 Å². The number of hydrogen-bond donors (Lipinski definition) is 2. The molecule has 0 radical (unpaired) electrons. The van der Waals surface area contributed by atoms with Crippen LogP contribution in [0.15, 0.2) is 42.6 Å². The number of nitriles is 1. The first-order chi connectivity index (χ1) is 19.0. The molecule has 0 bridgehead atoms. The minimum atomic E-state index is -5.08. The summed E-state index contributed by atoms with van der Waals surface area (Å²) in [5.41, 5.74) is 2.99. The standard InChI is InChI=1S/C26H30N6O.C2HF3O2/c1-17(2)29-21-14-20-13-18(16-27)6-11-23(20)32-24(15-21)30-31-26(32)19-7-9-22(10-8-19)33-25-5-3-4-12-28-25;3-2(4,5)1(6)7/h3-6,11-13,17,19,21-22,29H,7-10,14-15H2,1-2H3;(H,6,7). The zero-order chi connectivity index (χ0) is 28.9. The van der Waals surface area contributed by atoms with Crippen LogP contribution < -0.4 is 10.1 Å². The van der Waals surface area contributed by atoms with Gasteiger partial charge >= 0.3 is 12.1 Å². The number of aliphatic carboxylic acids is 1. The van der Waals surface area contributed by atoms with Gasteiger partial charge in [0.1, 0.15) is 17.8 Å². The second-order valence-corrected chi connectivity index (χ2v) is 10.3. The monoisotopic (exact) mass is 556 g/mol. The van der Waals surface area contributed by atoms with Crippen molar-refractivity contribution in [3.63, 3.8) is 0 Å². The lowest BCUT2D eigenvalue weighted by Gasteiger charge is -2.28. The highest BCUT2D eigenvalue weighted by Crippen LogP contribution is 2.36. The Hall–Kier alpha value is -3.98. The van der Waals surface area contributed by atoms with E-state index in [0.29, 0.717) is 23.4 Å². The smallest absolute Gasteiger partial charge is 0.475 e. The van der Waals surface area contributed by atoms with E-state index >= 15 is 0 Å². The maximum absolute atomic E-state index is 10.6. The van der Waals surface area contributed by atoms with Crippen LogP contribution in [0.2, 0.25) is 0 Å². The lowest BCUT2D eigenvalue weighted by Crippen LogP contribution is -2.37. The Balaban J connectivity index is 0.000000470. The van der Waals surface area contributed by atoms with Crippen molar-refractivity contribution in [2.45, 2.75) is 82.7 Å². The van der Waals surface area contributed by atoms with Gasteiger partial charge in [-0.25, -0.2) is 9.78 Å². The average molecular weight is 557 g/mol. The van der Waals surface area contributed by atoms with Crippen molar-refractivity contribution in [3.05, 3.63) is 65.4 Å². The number of benzene rings is 1. The Kier molecular flexibility index (Phi) is 9.04. The van der Waals surface area contributed by atoms with Crippen LogP contribution in [0.1, 0.15) is 68.2 Å². The molecule has 1 saturated carbocycles. The molecule has 3 aromatic rings. The summed E-state index contributed by atoms with van der Waals surface area (Å²) in [6.45, 7) is 4.33. The molecule has 0 saturated heterocycles. The number of alkyl halides is 3. The summed E-state index contributed by atoms with van der Waals surface area (Å²) in [7, 11) is 0. The third kappa shape index (κ3) is 7.15. The van der Waals surface area contributed by atoms with Crippen LogP contribution in [0.5, 0.6) is 5.88 Å². The van der Waals surface area contributed by atoms with Crippen LogP contribution in [-0.2, 0) is 17.6 Å². The number of carbonyl (C=O) groups is 1. The fourth-order valence-electron chi connectivity index (χ4n) is 5.20. The molecule has 1 unspecified atom stereocenters. The molecule has 1 aliphatic carbocycles. The zero-order valence-corrected chi connectivity index (χ0v) is 22.2. The Labute approximate surface area is 230 Å². The normalized spacial score (nSPS) is 20.3. The van der Waals surface area contributed by atoms with Gasteiger partial charge in [0, 0.05) is 36.7 Å². The summed E-state index contributed by atoms with van der Waals surface area (Å²) in [5.74, 6) is 0.319. The molecule has 2 aromatic heterocycles. The number of pyridine rings is 1. The lowest BCUT2D eigenvalue weighted by atomic mass is 9.86. The fraction of sp³-hybridized carbons (Fsp3) is 0.464. The first-order valence-electron chi connectivity index (χ1n) is 13.2. The first-order valence-corrected chi connectivity index (χ1v) is 13.2. The number of fused-ring (bicyclic) bond motifs is 3. The molecule has 1 fully saturated rings. The van der Waals surface area contributed by atoms with Crippen LogP contribution in [0.4, 0.5) is 13.2 Å². The molecule has 3 heterocycles. The summed E-state index contributed by atoms with van der Waals surface area (Å²) >= 11 is 0. The molecule has 5 rings (SSSR count). The molecular formula is C28H31F3N6O3. The predicted octanol–water partition coefficient (Wildman–Crippen LogP) is 4.74. The van der Waals surface area contributed by atoms with Crippen LogP contribution in [-0.4, -0.2) is 55.2 Å². The first kappa shape index (κ1) is 29.0. The van der Waals surface area contributed by atoms with Gasteiger partial charge in [0.15, 0.2) is 0 Å². The van der Waals surface area contributed by atoms with Gasteiger partial charge in [0.05, 0.1) is 17.3 Å². The van der Waals surface area contributed by atoms with Gasteiger partial charge in [0.25, 0.3) is 0 Å². The average Bonchev–Trinajstić information content (AvgIpc) is 3.25. The van der Waals surface area contributed by atoms with Gasteiger partial charge < -0.3 is 15.2 Å². The van der Waals surface area contributed by atoms with E-state index in [4.69, 9.17) is 19.7 Å². The van der Waals surface area contributed by atoms with Crippen molar-refractivity contribution >= 4 is 5.97 Å². The number of ether oxygens (including phenoxy) is 1. The van der Waals surface area contributed by atoms with Gasteiger partial charge in [-0.1, -0.05) is 19.9 Å². The van der Waals surface area contributed by atoms with E-state index in [-0.39, 0.29) is 12.1 Å². The van der Waals surface area contributed by atoms with E-state index in [9.17, 15) is 18.4 Å². The van der Waals surface area contributed by atoms with Crippen molar-refractivity contribution in [3.8, 4) is 17.6 Å². The summed E-state index contributed by atoms with van der Waals surface area (Å²) in [4.78, 5) is 13.2. The number of carboxylic acids is 1. The Bertz CT molecular complexity index is 1350. The Morgan fingerprint density at radius 3 is 2.48 bits per heavy atom. The van der Waals surface area contributed by atoms with Gasteiger partial charge in [-0.05, 0) is 61.9 Å². The molecule has 0 spiro atoms. The van der Waals surface area contributed by atoms with Gasteiger partial charge in [-0.2, -0.15) is 18.4 Å². The van der Waals surface area contributed by atoms with E-state index in [0.717, 1.165) is 55.9 Å². The summed E-state index contributed by atoms with van der Waals surface area (Å²) in [5, 5.41) is 29.6. The van der Waals surface area contributed by atoms with E-state index in [1.54, 1.807) is 6.20 Å². The second kappa shape index (κ2) is 12.5. The fourth-order valence-corrected chi connectivity index (χ4v) is 5.20. The van der Waals surface area contributed by atoms with E-state index < -0.39 is 12.1 Å². The van der Waals surface area contributed by atoms with E-state index in [1.807, 2.05) is 30.3 Å². The van der Waals surface area contributed by atoms with Gasteiger partial charge in [-0.3, -0.25) is 4.57 Å². The van der Waals surface area contributed by atoms with Crippen molar-refractivity contribution in [2.24, 2.45) is 0 Å². The lowest BCUT2D eigenvalue weighted by molar-refractivity contribution is -0.192. The van der Waals surface area contributed by atoms with Gasteiger partial charge in [0.2, 0.25) is 5.88 Å². The topological polar surface area (TPSA) is 126 Å². The third-order valence-corrected chi connectivity index (χ3v) is 6.88. The summed E-state index contributed by atoms with van der Waals surface area (Å²) in [6.07, 6.45) is 2.53. The van der Waals surface area contributed by atoms with Crippen LogP contribution in [0, 0.1) is 11.3 Å². The van der Waals surface area contributed by atoms with Crippen LogP contribution >= 0.6 is 0 Å². The quantitative estimate of drug-likeness (QED) is 0.462. The number of carboxylic acid groups (broad SMARTS) is 1. The highest BCUT2D eigenvalue weighted by molar-refractivity contribution is 5.73. The molecule has 1 aliphatic heterocycles. The molecule has 212 valence electrons. The second-order valence-electron chi connectivity index (χ2n) is 10.3. The van der Waals surface area contributed by atoms with Crippen molar-refractivity contribution in [2.75, 3.05) is 0 Å². The predicted molar refractivity (Wildman–Crippen MR) is 139 cm³/mol. The molecule has 2 N–H and O–H groups in total. The van der Waals surface area contributed by atoms with E-state index in [2.05, 4.69) is 45.9 Å². The molecule has 1 aromatic carbocycles. The highest BCUT2D eigenvalue weighted by atomic mass is 19.4. The molecule has 12 heteroatoms. The third-order valence-electron chi connectivity index (χ3n) is 6.88. The molecule has 9 nitrogen and oxygen atoms in total. The highest BCUT2D eigenvalue weighted by Gasteiger charge is 2.38. The van der Waals surface area contributed by atoms with Crippen molar-refractivity contribution < 1.29 is 27.8 Å². The number of aromatic nitrogens is 4. The Morgan fingerprint density at radius 2 is 1.88 bits per heavy atom. The van der Waals surface area contributed by atoms with Crippen molar-refractivity contribution in [1.29, 1.82) is 5.26 Å². The number of hydrogen-bond acceptors (Lipinski definition) is 7. The maximum atomic E-state index is 10.6. The minimum absolute atomic E-state index is 0.188. The SMILES string of the molecule is CC(C)NC1Cc2cc(C#N)ccc2-n2c(nnc2C2CCC(Oc3ccccn3)CC2)C1.O=C(O)C(F)(F)F. The number of nitrogens with one attached hydrogen (secondary N) is 1. The molecule has 40 heavy (non-hydrogen) atoms. The Morgan fingerprint density at radius 1 is 1.15 bits per heavy atom. The maximum Gasteiger partial charge on any atom is 0.490 e. The number of halogens is 3. The summed E-state index contributed by atoms with van der Waals surface area (Å²) < 4.78 is 40.1. The minimum Gasteiger partial charge on any atom is -0.475 e. The summed E-state index contributed by atoms with van der Waals surface area (Å²) in [6, 6.07) is 14.7. The largest absolute Gasteiger partial charge is 0.490 e. The molecular weight excluding hydrogens is 525 g/mol. The number of nitrogens with zero attached hydrogens (tertiary/aromatic N) is 5. The van der Waals surface area contributed by atoms with Crippen LogP contribution in [0.25, 0.3) is 5.69 Å².